The topological polar surface area (TPSA) is 93.1 Å². The molecule has 6 heteroatoms. The molecule has 212 valence electrons. The highest BCUT2D eigenvalue weighted by atomic mass is 16.5. The molecule has 2 N–H and O–H groups in total. The number of hydrogen-bond acceptors (Lipinski definition) is 6. The van der Waals surface area contributed by atoms with Gasteiger partial charge in [-0.15, -0.1) is 0 Å². The molecule has 0 unspecified atom stereocenters. The van der Waals surface area contributed by atoms with Crippen LogP contribution in [0, 0.1) is 45.3 Å². The normalized spacial score (nSPS) is 48.0. The van der Waals surface area contributed by atoms with E-state index in [-0.39, 0.29) is 51.9 Å². The highest BCUT2D eigenvalue weighted by Gasteiger charge is 2.68. The van der Waals surface area contributed by atoms with E-state index < -0.39 is 23.2 Å². The molecular formula is C32H48O6. The molecule has 38 heavy (non-hydrogen) atoms. The zero-order valence-electron chi connectivity index (χ0n) is 24.5. The number of allylic oxidation sites excluding steroid dienone is 3. The van der Waals surface area contributed by atoms with Gasteiger partial charge in [0.2, 0.25) is 0 Å². The van der Waals surface area contributed by atoms with Gasteiger partial charge in [0.1, 0.15) is 12.2 Å². The van der Waals surface area contributed by atoms with E-state index in [1.807, 2.05) is 6.08 Å². The van der Waals surface area contributed by atoms with Crippen molar-refractivity contribution < 1.29 is 29.3 Å². The monoisotopic (exact) mass is 528 g/mol. The van der Waals surface area contributed by atoms with Gasteiger partial charge in [-0.3, -0.25) is 9.59 Å². The lowest BCUT2D eigenvalue weighted by molar-refractivity contribution is -0.196. The molecule has 5 rings (SSSR count). The molecule has 1 aliphatic heterocycles. The van der Waals surface area contributed by atoms with E-state index in [1.165, 1.54) is 12.5 Å². The van der Waals surface area contributed by atoms with Gasteiger partial charge in [-0.2, -0.15) is 0 Å². The van der Waals surface area contributed by atoms with Gasteiger partial charge in [-0.1, -0.05) is 52.3 Å². The van der Waals surface area contributed by atoms with Crippen LogP contribution in [0.4, 0.5) is 0 Å². The Morgan fingerprint density at radius 2 is 1.82 bits per heavy atom. The number of carbonyl (C=O) groups excluding carboxylic acids is 2. The fourth-order valence-electron chi connectivity index (χ4n) is 10.2. The van der Waals surface area contributed by atoms with Crippen LogP contribution in [-0.2, 0) is 19.1 Å². The maximum atomic E-state index is 13.0. The Morgan fingerprint density at radius 1 is 1.13 bits per heavy atom. The second-order valence-electron chi connectivity index (χ2n) is 14.9. The minimum Gasteiger partial charge on any atom is -0.462 e. The number of esters is 1. The van der Waals surface area contributed by atoms with Crippen molar-refractivity contribution in [2.45, 2.75) is 111 Å². The van der Waals surface area contributed by atoms with E-state index in [1.54, 1.807) is 13.8 Å². The summed E-state index contributed by atoms with van der Waals surface area (Å²) in [6.45, 7) is 16.5. The summed E-state index contributed by atoms with van der Waals surface area (Å²) >= 11 is 0. The second-order valence-corrected chi connectivity index (χ2v) is 14.9. The smallest absolute Gasteiger partial charge is 0.302 e. The Labute approximate surface area is 228 Å². The van der Waals surface area contributed by atoms with Crippen molar-refractivity contribution in [1.29, 1.82) is 0 Å². The van der Waals surface area contributed by atoms with Gasteiger partial charge in [0.25, 0.3) is 0 Å². The molecule has 0 bridgehead atoms. The fourth-order valence-corrected chi connectivity index (χ4v) is 10.2. The Kier molecular flexibility index (Phi) is 6.46. The Hall–Kier alpha value is -1.50. The van der Waals surface area contributed by atoms with Crippen molar-refractivity contribution in [3.05, 3.63) is 23.8 Å². The number of rotatable bonds is 3. The van der Waals surface area contributed by atoms with Gasteiger partial charge in [0.15, 0.2) is 5.78 Å². The van der Waals surface area contributed by atoms with Crippen molar-refractivity contribution in [3.63, 3.8) is 0 Å². The minimum atomic E-state index is -1.09. The fraction of sp³-hybridized carbons (Fsp3) is 0.812. The predicted octanol–water partition coefficient (Wildman–Crippen LogP) is 5.02. The molecule has 5 aliphatic rings. The number of hydrogen-bond donors (Lipinski definition) is 2. The summed E-state index contributed by atoms with van der Waals surface area (Å²) in [7, 11) is 0. The van der Waals surface area contributed by atoms with Crippen LogP contribution in [0.15, 0.2) is 23.8 Å². The molecular weight excluding hydrogens is 480 g/mol. The predicted molar refractivity (Wildman–Crippen MR) is 145 cm³/mol. The number of ketones is 1. The third-order valence-electron chi connectivity index (χ3n) is 11.9. The third-order valence-corrected chi connectivity index (χ3v) is 11.9. The van der Waals surface area contributed by atoms with Crippen LogP contribution in [0.1, 0.15) is 87.5 Å². The molecule has 3 fully saturated rings. The Bertz CT molecular complexity index is 1070. The van der Waals surface area contributed by atoms with Crippen LogP contribution in [0.25, 0.3) is 0 Å². The standard InChI is InChI=1S/C32H48O6/c1-18(33)38-26-16-24-28(2,3)25(35)12-14-31(24,7)23-11-13-30(6)20(9-10-22(30)32(23,26)8)19-15-21(34)27(37-17-19)29(4,5)36/h10,12,14,19-21,23-24,26-27,34,36H,9,11,13,15-17H2,1-8H3/t19-,20-,21+,23+,24-,26+,27+,30-,31+,32-/m0/s1. The zero-order chi connectivity index (χ0) is 28.1. The van der Waals surface area contributed by atoms with Crippen molar-refractivity contribution >= 4 is 11.8 Å². The van der Waals surface area contributed by atoms with E-state index in [4.69, 9.17) is 9.47 Å². The molecule has 0 aromatic carbocycles. The molecule has 0 aromatic heterocycles. The number of aliphatic hydroxyl groups is 2. The molecule has 0 radical (unpaired) electrons. The van der Waals surface area contributed by atoms with Gasteiger partial charge < -0.3 is 19.7 Å². The zero-order valence-corrected chi connectivity index (χ0v) is 24.5. The quantitative estimate of drug-likeness (QED) is 0.395. The highest BCUT2D eigenvalue weighted by Crippen LogP contribution is 2.72. The first-order valence-corrected chi connectivity index (χ1v) is 14.6. The van der Waals surface area contributed by atoms with Crippen LogP contribution in [0.5, 0.6) is 0 Å². The molecule has 2 saturated carbocycles. The first kappa shape index (κ1) is 28.0. The lowest BCUT2D eigenvalue weighted by Gasteiger charge is -2.66. The van der Waals surface area contributed by atoms with Gasteiger partial charge in [-0.25, -0.2) is 0 Å². The number of fused-ring (bicyclic) bond motifs is 5. The summed E-state index contributed by atoms with van der Waals surface area (Å²) < 4.78 is 12.3. The summed E-state index contributed by atoms with van der Waals surface area (Å²) in [4.78, 5) is 25.4. The van der Waals surface area contributed by atoms with Crippen molar-refractivity contribution in [2.24, 2.45) is 45.3 Å². The number of ether oxygens (including phenoxy) is 2. The van der Waals surface area contributed by atoms with E-state index in [0.717, 1.165) is 19.3 Å². The molecule has 4 aliphatic carbocycles. The van der Waals surface area contributed by atoms with Gasteiger partial charge in [-0.05, 0) is 86.5 Å². The number of aliphatic hydroxyl groups excluding tert-OH is 1. The first-order chi connectivity index (χ1) is 17.5. The third kappa shape index (κ3) is 3.83. The average Bonchev–Trinajstić information content (AvgIpc) is 3.15. The number of carbonyl (C=O) groups is 2. The van der Waals surface area contributed by atoms with Crippen molar-refractivity contribution in [3.8, 4) is 0 Å². The van der Waals surface area contributed by atoms with Crippen molar-refractivity contribution in [2.75, 3.05) is 6.61 Å². The largest absolute Gasteiger partial charge is 0.462 e. The Morgan fingerprint density at radius 3 is 2.42 bits per heavy atom. The van der Waals surface area contributed by atoms with Crippen LogP contribution in [0.2, 0.25) is 0 Å². The molecule has 0 aromatic rings. The van der Waals surface area contributed by atoms with Crippen LogP contribution in [0.3, 0.4) is 0 Å². The summed E-state index contributed by atoms with van der Waals surface area (Å²) in [5, 5.41) is 21.4. The minimum absolute atomic E-state index is 0.0914. The highest BCUT2D eigenvalue weighted by molar-refractivity contribution is 5.95. The molecule has 1 saturated heterocycles. The maximum Gasteiger partial charge on any atom is 0.302 e. The maximum absolute atomic E-state index is 13.0. The van der Waals surface area contributed by atoms with E-state index in [2.05, 4.69) is 46.8 Å². The van der Waals surface area contributed by atoms with Gasteiger partial charge in [0.05, 0.1) is 18.3 Å². The SMILES string of the molecule is CC(=O)O[C@@H]1C[C@H]2C(C)(C)C(=O)C=C[C@]2(C)[C@H]2CC[C@]3(C)C(=CC[C@H]3[C@@H]3CO[C@@H](C(C)(C)O)[C@H](O)C3)[C@@]21C. The molecule has 10 atom stereocenters. The second kappa shape index (κ2) is 8.75. The van der Waals surface area contributed by atoms with Crippen LogP contribution in [-0.4, -0.2) is 52.5 Å². The van der Waals surface area contributed by atoms with E-state index in [9.17, 15) is 19.8 Å². The summed E-state index contributed by atoms with van der Waals surface area (Å²) in [6, 6.07) is 0. The van der Waals surface area contributed by atoms with E-state index >= 15 is 0 Å². The molecule has 6 nitrogen and oxygen atoms in total. The van der Waals surface area contributed by atoms with Crippen LogP contribution >= 0.6 is 0 Å². The molecule has 1 heterocycles. The average molecular weight is 529 g/mol. The Balaban J connectivity index is 1.51. The first-order valence-electron chi connectivity index (χ1n) is 14.6. The summed E-state index contributed by atoms with van der Waals surface area (Å²) in [6.07, 6.45) is 9.02. The van der Waals surface area contributed by atoms with Gasteiger partial charge in [0, 0.05) is 17.8 Å². The summed E-state index contributed by atoms with van der Waals surface area (Å²) in [5.74, 6) is 0.734. The lowest BCUT2D eigenvalue weighted by Crippen LogP contribution is -2.64. The van der Waals surface area contributed by atoms with E-state index in [0.29, 0.717) is 25.4 Å². The summed E-state index contributed by atoms with van der Waals surface area (Å²) in [5.41, 5.74) is -0.822. The van der Waals surface area contributed by atoms with Gasteiger partial charge >= 0.3 is 5.97 Å². The molecule has 0 amide bonds. The van der Waals surface area contributed by atoms with Crippen molar-refractivity contribution in [1.82, 2.24) is 0 Å². The molecule has 0 spiro atoms. The van der Waals surface area contributed by atoms with Crippen LogP contribution < -0.4 is 0 Å². The lowest BCUT2D eigenvalue weighted by atomic mass is 9.38.